The molecular formula is C14H15FN2. The van der Waals surface area contributed by atoms with Crippen molar-refractivity contribution in [3.63, 3.8) is 0 Å². The second kappa shape index (κ2) is 3.69. The van der Waals surface area contributed by atoms with E-state index in [0.717, 1.165) is 22.4 Å². The number of hydrogen-bond acceptors (Lipinski definition) is 1. The summed E-state index contributed by atoms with van der Waals surface area (Å²) in [5.74, 6) is 0.400. The molecule has 1 heterocycles. The molecule has 0 spiro atoms. The zero-order valence-electron chi connectivity index (χ0n) is 10.1. The van der Waals surface area contributed by atoms with Gasteiger partial charge in [0.25, 0.3) is 0 Å². The maximum Gasteiger partial charge on any atom is 0.123 e. The van der Waals surface area contributed by atoms with Crippen molar-refractivity contribution in [3.05, 3.63) is 41.5 Å². The van der Waals surface area contributed by atoms with Crippen molar-refractivity contribution < 1.29 is 4.39 Å². The maximum absolute atomic E-state index is 13.3. The van der Waals surface area contributed by atoms with Crippen LogP contribution in [0.25, 0.3) is 11.1 Å². The van der Waals surface area contributed by atoms with Crippen LogP contribution in [0.3, 0.4) is 0 Å². The predicted molar refractivity (Wildman–Crippen MR) is 65.3 cm³/mol. The molecule has 0 unspecified atom stereocenters. The molecule has 2 nitrogen and oxygen atoms in total. The molecule has 1 aliphatic rings. The van der Waals surface area contributed by atoms with Gasteiger partial charge in [0.05, 0.1) is 5.69 Å². The number of hydrogen-bond donors (Lipinski definition) is 0. The van der Waals surface area contributed by atoms with E-state index in [1.807, 2.05) is 30.9 Å². The van der Waals surface area contributed by atoms with Crippen LogP contribution >= 0.6 is 0 Å². The molecule has 1 saturated carbocycles. The van der Waals surface area contributed by atoms with E-state index in [4.69, 9.17) is 0 Å². The Kier molecular flexibility index (Phi) is 2.28. The molecule has 3 heteroatoms. The molecule has 1 aromatic heterocycles. The maximum atomic E-state index is 13.3. The SMILES string of the molecule is Cc1nn(C)cc1-c1ccc(F)cc1C1CC1. The first-order chi connectivity index (χ1) is 8.15. The average Bonchev–Trinajstić information content (AvgIpc) is 3.05. The van der Waals surface area contributed by atoms with E-state index < -0.39 is 0 Å². The Morgan fingerprint density at radius 2 is 2.06 bits per heavy atom. The van der Waals surface area contributed by atoms with Crippen LogP contribution in [0.15, 0.2) is 24.4 Å². The zero-order chi connectivity index (χ0) is 12.0. The second-order valence-electron chi connectivity index (χ2n) is 4.81. The lowest BCUT2D eigenvalue weighted by atomic mass is 9.97. The third kappa shape index (κ3) is 1.86. The van der Waals surface area contributed by atoms with Gasteiger partial charge in [0.1, 0.15) is 5.82 Å². The van der Waals surface area contributed by atoms with Gasteiger partial charge in [-0.1, -0.05) is 6.07 Å². The largest absolute Gasteiger partial charge is 0.275 e. The molecule has 0 aliphatic heterocycles. The minimum Gasteiger partial charge on any atom is -0.275 e. The van der Waals surface area contributed by atoms with Crippen molar-refractivity contribution in [1.82, 2.24) is 9.78 Å². The molecule has 1 aliphatic carbocycles. The summed E-state index contributed by atoms with van der Waals surface area (Å²) >= 11 is 0. The number of nitrogens with zero attached hydrogens (tertiary/aromatic N) is 2. The molecular weight excluding hydrogens is 215 g/mol. The topological polar surface area (TPSA) is 17.8 Å². The van der Waals surface area contributed by atoms with Crippen LogP contribution in [0.2, 0.25) is 0 Å². The number of benzene rings is 1. The van der Waals surface area contributed by atoms with Gasteiger partial charge in [-0.3, -0.25) is 4.68 Å². The van der Waals surface area contributed by atoms with E-state index >= 15 is 0 Å². The van der Waals surface area contributed by atoms with Crippen LogP contribution in [-0.2, 0) is 7.05 Å². The molecule has 2 aromatic rings. The molecule has 0 bridgehead atoms. The Morgan fingerprint density at radius 3 is 2.65 bits per heavy atom. The number of aromatic nitrogens is 2. The summed E-state index contributed by atoms with van der Waals surface area (Å²) in [6.07, 6.45) is 4.36. The number of aryl methyl sites for hydroxylation is 2. The first kappa shape index (κ1) is 10.5. The van der Waals surface area contributed by atoms with Crippen LogP contribution < -0.4 is 0 Å². The fourth-order valence-corrected chi connectivity index (χ4v) is 2.37. The van der Waals surface area contributed by atoms with E-state index in [0.29, 0.717) is 5.92 Å². The van der Waals surface area contributed by atoms with Crippen LogP contribution in [0.5, 0.6) is 0 Å². The van der Waals surface area contributed by atoms with Crippen LogP contribution in [0.1, 0.15) is 30.0 Å². The highest BCUT2D eigenvalue weighted by molar-refractivity contribution is 5.70. The molecule has 1 aromatic carbocycles. The fourth-order valence-electron chi connectivity index (χ4n) is 2.37. The van der Waals surface area contributed by atoms with E-state index in [-0.39, 0.29) is 5.82 Å². The summed E-state index contributed by atoms with van der Waals surface area (Å²) in [6, 6.07) is 5.10. The van der Waals surface area contributed by atoms with Crippen molar-refractivity contribution in [2.45, 2.75) is 25.7 Å². The monoisotopic (exact) mass is 230 g/mol. The number of halogens is 1. The summed E-state index contributed by atoms with van der Waals surface area (Å²) in [6.45, 7) is 2.00. The van der Waals surface area contributed by atoms with Crippen molar-refractivity contribution >= 4 is 0 Å². The summed E-state index contributed by atoms with van der Waals surface area (Å²) in [5, 5.41) is 4.35. The number of rotatable bonds is 2. The average molecular weight is 230 g/mol. The third-order valence-electron chi connectivity index (χ3n) is 3.33. The molecule has 0 N–H and O–H groups in total. The lowest BCUT2D eigenvalue weighted by Crippen LogP contribution is -1.89. The first-order valence-corrected chi connectivity index (χ1v) is 5.95. The normalized spacial score (nSPS) is 15.2. The van der Waals surface area contributed by atoms with Crippen LogP contribution in [-0.4, -0.2) is 9.78 Å². The van der Waals surface area contributed by atoms with Crippen molar-refractivity contribution in [2.75, 3.05) is 0 Å². The van der Waals surface area contributed by atoms with Crippen molar-refractivity contribution in [1.29, 1.82) is 0 Å². The van der Waals surface area contributed by atoms with Crippen molar-refractivity contribution in [2.24, 2.45) is 7.05 Å². The van der Waals surface area contributed by atoms with E-state index in [1.165, 1.54) is 18.9 Å². The fraction of sp³-hybridized carbons (Fsp3) is 0.357. The van der Waals surface area contributed by atoms with Crippen molar-refractivity contribution in [3.8, 4) is 11.1 Å². The third-order valence-corrected chi connectivity index (χ3v) is 3.33. The van der Waals surface area contributed by atoms with E-state index in [2.05, 4.69) is 5.10 Å². The minimum atomic E-state index is -0.141. The van der Waals surface area contributed by atoms with Gasteiger partial charge in [0.15, 0.2) is 0 Å². The van der Waals surface area contributed by atoms with E-state index in [9.17, 15) is 4.39 Å². The Hall–Kier alpha value is -1.64. The smallest absolute Gasteiger partial charge is 0.123 e. The van der Waals surface area contributed by atoms with Gasteiger partial charge in [0, 0.05) is 18.8 Å². The van der Waals surface area contributed by atoms with Gasteiger partial charge in [-0.25, -0.2) is 4.39 Å². The zero-order valence-corrected chi connectivity index (χ0v) is 10.1. The van der Waals surface area contributed by atoms with Gasteiger partial charge in [-0.05, 0) is 48.9 Å². The van der Waals surface area contributed by atoms with Crippen LogP contribution in [0, 0.1) is 12.7 Å². The Balaban J connectivity index is 2.16. The second-order valence-corrected chi connectivity index (χ2v) is 4.81. The van der Waals surface area contributed by atoms with Gasteiger partial charge < -0.3 is 0 Å². The lowest BCUT2D eigenvalue weighted by molar-refractivity contribution is 0.626. The summed E-state index contributed by atoms with van der Waals surface area (Å²) < 4.78 is 15.1. The van der Waals surface area contributed by atoms with E-state index in [1.54, 1.807) is 6.07 Å². The highest BCUT2D eigenvalue weighted by Crippen LogP contribution is 2.45. The van der Waals surface area contributed by atoms with Crippen LogP contribution in [0.4, 0.5) is 4.39 Å². The van der Waals surface area contributed by atoms with Gasteiger partial charge in [-0.15, -0.1) is 0 Å². The molecule has 3 rings (SSSR count). The lowest BCUT2D eigenvalue weighted by Gasteiger charge is -2.07. The predicted octanol–water partition coefficient (Wildman–Crippen LogP) is 3.41. The van der Waals surface area contributed by atoms with Gasteiger partial charge in [0.2, 0.25) is 0 Å². The molecule has 0 saturated heterocycles. The molecule has 0 radical (unpaired) electrons. The molecule has 1 fully saturated rings. The Morgan fingerprint density at radius 1 is 1.29 bits per heavy atom. The highest BCUT2D eigenvalue weighted by atomic mass is 19.1. The minimum absolute atomic E-state index is 0.141. The van der Waals surface area contributed by atoms with Gasteiger partial charge >= 0.3 is 0 Å². The molecule has 17 heavy (non-hydrogen) atoms. The Bertz CT molecular complexity index is 568. The molecule has 0 amide bonds. The summed E-state index contributed by atoms with van der Waals surface area (Å²) in [7, 11) is 1.91. The van der Waals surface area contributed by atoms with Gasteiger partial charge in [-0.2, -0.15) is 5.10 Å². The summed E-state index contributed by atoms with van der Waals surface area (Å²) in [4.78, 5) is 0. The first-order valence-electron chi connectivity index (χ1n) is 5.95. The summed E-state index contributed by atoms with van der Waals surface area (Å²) in [5.41, 5.74) is 4.40. The highest BCUT2D eigenvalue weighted by Gasteiger charge is 2.27. The molecule has 0 atom stereocenters. The standard InChI is InChI=1S/C14H15FN2/c1-9-14(8-17(2)16-9)12-6-5-11(15)7-13(12)10-3-4-10/h5-8,10H,3-4H2,1-2H3. The quantitative estimate of drug-likeness (QED) is 0.773. The molecule has 88 valence electrons. The Labute approximate surface area is 100 Å².